The van der Waals surface area contributed by atoms with Gasteiger partial charge in [0.2, 0.25) is 0 Å². The number of pyridine rings is 1. The van der Waals surface area contributed by atoms with Gasteiger partial charge < -0.3 is 10.3 Å². The third-order valence-electron chi connectivity index (χ3n) is 5.02. The molecule has 2 N–H and O–H groups in total. The Balaban J connectivity index is 0.00000180. The van der Waals surface area contributed by atoms with Crippen LogP contribution in [-0.2, 0) is 12.1 Å². The first kappa shape index (κ1) is 17.6. The minimum Gasteiger partial charge on any atom is -0.334 e. The maximum atomic E-state index is 6.27. The first-order valence-electron chi connectivity index (χ1n) is 8.70. The minimum atomic E-state index is -0.431. The molecule has 1 fully saturated rings. The van der Waals surface area contributed by atoms with Crippen molar-refractivity contribution in [3.63, 3.8) is 0 Å². The number of aromatic nitrogens is 5. The van der Waals surface area contributed by atoms with E-state index >= 15 is 0 Å². The molecule has 3 heterocycles. The molecule has 0 aliphatic heterocycles. The Bertz CT molecular complexity index is 1070. The Morgan fingerprint density at radius 2 is 1.96 bits per heavy atom. The van der Waals surface area contributed by atoms with Crippen molar-refractivity contribution in [1.82, 2.24) is 24.9 Å². The number of halogens is 1. The van der Waals surface area contributed by atoms with Crippen molar-refractivity contribution in [2.45, 2.75) is 31.3 Å². The van der Waals surface area contributed by atoms with Crippen molar-refractivity contribution in [3.8, 4) is 11.5 Å². The van der Waals surface area contributed by atoms with Crippen LogP contribution < -0.4 is 5.73 Å². The van der Waals surface area contributed by atoms with E-state index in [9.17, 15) is 0 Å². The molecule has 8 heteroatoms. The summed E-state index contributed by atoms with van der Waals surface area (Å²) in [7, 11) is 0. The molecular weight excluding hydrogens is 364 g/mol. The molecule has 0 bridgehead atoms. The topological polar surface area (TPSA) is 95.6 Å². The minimum absolute atomic E-state index is 0. The second-order valence-electron chi connectivity index (χ2n) is 6.86. The molecule has 1 aromatic carbocycles. The van der Waals surface area contributed by atoms with E-state index in [1.165, 1.54) is 5.56 Å². The van der Waals surface area contributed by atoms with Gasteiger partial charge in [0.1, 0.15) is 0 Å². The summed E-state index contributed by atoms with van der Waals surface area (Å²) < 4.78 is 7.30. The Morgan fingerprint density at radius 1 is 1.15 bits per heavy atom. The molecule has 0 saturated heterocycles. The number of nitrogens with zero attached hydrogens (tertiary/aromatic N) is 5. The highest BCUT2D eigenvalue weighted by atomic mass is 35.5. The Kier molecular flexibility index (Phi) is 4.41. The van der Waals surface area contributed by atoms with Gasteiger partial charge in [-0.3, -0.25) is 0 Å². The smallest absolute Gasteiger partial charge is 0.259 e. The van der Waals surface area contributed by atoms with Gasteiger partial charge in [-0.15, -0.1) is 12.4 Å². The van der Waals surface area contributed by atoms with E-state index in [-0.39, 0.29) is 12.4 Å². The zero-order valence-corrected chi connectivity index (χ0v) is 15.4. The Hall–Kier alpha value is -2.77. The van der Waals surface area contributed by atoms with Gasteiger partial charge in [-0.1, -0.05) is 35.5 Å². The molecule has 1 aliphatic rings. The highest BCUT2D eigenvalue weighted by Gasteiger charge is 2.39. The van der Waals surface area contributed by atoms with Crippen LogP contribution in [0.3, 0.4) is 0 Å². The molecule has 3 aromatic heterocycles. The van der Waals surface area contributed by atoms with E-state index in [1.54, 1.807) is 6.20 Å². The van der Waals surface area contributed by atoms with E-state index in [1.807, 2.05) is 35.1 Å². The number of rotatable bonds is 4. The van der Waals surface area contributed by atoms with Crippen molar-refractivity contribution < 1.29 is 4.52 Å². The normalized spacial score (nSPS) is 15.3. The van der Waals surface area contributed by atoms with E-state index < -0.39 is 5.54 Å². The van der Waals surface area contributed by atoms with Gasteiger partial charge in [0.05, 0.1) is 23.8 Å². The molecule has 7 nitrogen and oxygen atoms in total. The Labute approximate surface area is 162 Å². The summed E-state index contributed by atoms with van der Waals surface area (Å²) in [6.45, 7) is 0.678. The van der Waals surface area contributed by atoms with Gasteiger partial charge in [0.25, 0.3) is 5.89 Å². The van der Waals surface area contributed by atoms with Crippen LogP contribution in [0.5, 0.6) is 0 Å². The van der Waals surface area contributed by atoms with E-state index in [0.717, 1.165) is 35.9 Å². The first-order valence-corrected chi connectivity index (χ1v) is 8.70. The van der Waals surface area contributed by atoms with Crippen LogP contribution in [0, 0.1) is 0 Å². The molecule has 0 atom stereocenters. The summed E-state index contributed by atoms with van der Waals surface area (Å²) in [5.74, 6) is 1.03. The molecule has 138 valence electrons. The van der Waals surface area contributed by atoms with Crippen molar-refractivity contribution >= 4 is 23.4 Å². The van der Waals surface area contributed by atoms with Gasteiger partial charge in [0.15, 0.2) is 11.5 Å². The van der Waals surface area contributed by atoms with Gasteiger partial charge in [-0.2, -0.15) is 10.1 Å². The monoisotopic (exact) mass is 382 g/mol. The fourth-order valence-electron chi connectivity index (χ4n) is 3.29. The van der Waals surface area contributed by atoms with Crippen LogP contribution in [0.1, 0.15) is 30.7 Å². The van der Waals surface area contributed by atoms with Gasteiger partial charge in [0, 0.05) is 11.6 Å². The fourth-order valence-corrected chi connectivity index (χ4v) is 3.29. The summed E-state index contributed by atoms with van der Waals surface area (Å²) in [4.78, 5) is 9.05. The van der Waals surface area contributed by atoms with Crippen LogP contribution in [0.15, 0.2) is 53.3 Å². The second kappa shape index (κ2) is 6.75. The summed E-state index contributed by atoms with van der Waals surface area (Å²) >= 11 is 0. The summed E-state index contributed by atoms with van der Waals surface area (Å²) in [5, 5.41) is 9.46. The van der Waals surface area contributed by atoms with Gasteiger partial charge in [-0.25, -0.2) is 9.67 Å². The molecule has 1 saturated carbocycles. The van der Waals surface area contributed by atoms with Crippen molar-refractivity contribution in [1.29, 1.82) is 0 Å². The number of fused-ring (bicyclic) bond motifs is 1. The Morgan fingerprint density at radius 3 is 2.70 bits per heavy atom. The third-order valence-corrected chi connectivity index (χ3v) is 5.02. The maximum Gasteiger partial charge on any atom is 0.259 e. The third kappa shape index (κ3) is 3.09. The van der Waals surface area contributed by atoms with E-state index in [2.05, 4.69) is 32.4 Å². The SMILES string of the molecule is Cl.NC1(c2noc(-c3cnc4c(cnn4Cc4ccccc4)c3)n2)CCC1. The van der Waals surface area contributed by atoms with Crippen molar-refractivity contribution in [2.24, 2.45) is 5.73 Å². The molecule has 0 unspecified atom stereocenters. The summed E-state index contributed by atoms with van der Waals surface area (Å²) in [5.41, 5.74) is 8.62. The van der Waals surface area contributed by atoms with Crippen LogP contribution in [0.25, 0.3) is 22.5 Å². The first-order chi connectivity index (χ1) is 12.7. The highest BCUT2D eigenvalue weighted by molar-refractivity contribution is 5.85. The predicted octanol–water partition coefficient (Wildman–Crippen LogP) is 3.29. The lowest BCUT2D eigenvalue weighted by Gasteiger charge is -2.34. The average molecular weight is 383 g/mol. The fraction of sp³-hybridized carbons (Fsp3) is 0.263. The van der Waals surface area contributed by atoms with Gasteiger partial charge >= 0.3 is 0 Å². The predicted molar refractivity (Wildman–Crippen MR) is 103 cm³/mol. The zero-order chi connectivity index (χ0) is 17.6. The van der Waals surface area contributed by atoms with Crippen LogP contribution in [0.4, 0.5) is 0 Å². The lowest BCUT2D eigenvalue weighted by molar-refractivity contribution is 0.229. The van der Waals surface area contributed by atoms with Crippen molar-refractivity contribution in [2.75, 3.05) is 0 Å². The molecule has 0 radical (unpaired) electrons. The molecule has 27 heavy (non-hydrogen) atoms. The van der Waals surface area contributed by atoms with Crippen LogP contribution in [-0.4, -0.2) is 24.9 Å². The number of benzene rings is 1. The molecule has 5 rings (SSSR count). The van der Waals surface area contributed by atoms with E-state index in [0.29, 0.717) is 18.3 Å². The number of nitrogens with two attached hydrogens (primary N) is 1. The molecule has 1 aliphatic carbocycles. The van der Waals surface area contributed by atoms with Crippen LogP contribution in [0.2, 0.25) is 0 Å². The van der Waals surface area contributed by atoms with Crippen LogP contribution >= 0.6 is 12.4 Å². The number of hydrogen-bond acceptors (Lipinski definition) is 6. The molecular formula is C19H19ClN6O. The lowest BCUT2D eigenvalue weighted by Crippen LogP contribution is -2.44. The molecule has 0 spiro atoms. The highest BCUT2D eigenvalue weighted by Crippen LogP contribution is 2.37. The second-order valence-corrected chi connectivity index (χ2v) is 6.86. The molecule has 4 aromatic rings. The quantitative estimate of drug-likeness (QED) is 0.581. The summed E-state index contributed by atoms with van der Waals surface area (Å²) in [6, 6.07) is 12.2. The standard InChI is InChI=1S/C19H18N6O.ClH/c20-19(7-4-8-19)18-23-17(26-24-18)15-9-14-11-22-25(16(14)21-10-15)12-13-5-2-1-3-6-13;/h1-3,5-6,9-11H,4,7-8,12,20H2;1H. The maximum absolute atomic E-state index is 6.27. The zero-order valence-electron chi connectivity index (χ0n) is 14.6. The largest absolute Gasteiger partial charge is 0.334 e. The number of hydrogen-bond donors (Lipinski definition) is 1. The summed E-state index contributed by atoms with van der Waals surface area (Å²) in [6.07, 6.45) is 6.45. The van der Waals surface area contributed by atoms with E-state index in [4.69, 9.17) is 10.3 Å². The van der Waals surface area contributed by atoms with Gasteiger partial charge in [-0.05, 0) is 30.9 Å². The van der Waals surface area contributed by atoms with Crippen molar-refractivity contribution in [3.05, 3.63) is 60.2 Å². The molecule has 0 amide bonds. The average Bonchev–Trinajstić information content (AvgIpc) is 3.28. The lowest BCUT2D eigenvalue weighted by atomic mass is 9.77.